The minimum absolute atomic E-state index is 0.0232. The van der Waals surface area contributed by atoms with Gasteiger partial charge in [0, 0.05) is 16.4 Å². The number of terminal acetylenes is 1. The second kappa shape index (κ2) is 7.35. The Morgan fingerprint density at radius 1 is 1.36 bits per heavy atom. The van der Waals surface area contributed by atoms with Gasteiger partial charge in [-0.1, -0.05) is 32.8 Å². The van der Waals surface area contributed by atoms with Gasteiger partial charge in [0.25, 0.3) is 5.91 Å². The Labute approximate surface area is 151 Å². The minimum Gasteiger partial charge on any atom is -0.298 e. The van der Waals surface area contributed by atoms with Gasteiger partial charge in [0.15, 0.2) is 5.13 Å². The first-order valence-electron chi connectivity index (χ1n) is 7.44. The molecule has 25 heavy (non-hydrogen) atoms. The Balaban J connectivity index is 2.19. The monoisotopic (exact) mass is 377 g/mol. The van der Waals surface area contributed by atoms with Gasteiger partial charge in [-0.3, -0.25) is 10.1 Å². The first kappa shape index (κ1) is 19.1. The molecule has 2 rings (SSSR count). The van der Waals surface area contributed by atoms with E-state index >= 15 is 0 Å². The summed E-state index contributed by atoms with van der Waals surface area (Å²) < 4.78 is 26.4. The molecule has 0 fully saturated rings. The highest BCUT2D eigenvalue weighted by Gasteiger charge is 2.19. The number of benzene rings is 1. The zero-order valence-electron chi connectivity index (χ0n) is 14.2. The molecule has 0 aliphatic carbocycles. The Kier molecular flexibility index (Phi) is 5.62. The Hall–Kier alpha value is -2.21. The SMILES string of the molecule is C#CCNS(=O)(=O)c1cccc(C(=O)Nc2nc(C(C)(C)C)cs2)c1. The fraction of sp³-hybridized carbons (Fsp3) is 0.294. The number of amides is 1. The number of thiazole rings is 1. The van der Waals surface area contributed by atoms with Gasteiger partial charge >= 0.3 is 0 Å². The van der Waals surface area contributed by atoms with Crippen LogP contribution in [0, 0.1) is 12.3 Å². The van der Waals surface area contributed by atoms with E-state index in [1.54, 1.807) is 0 Å². The lowest BCUT2D eigenvalue weighted by Gasteiger charge is -2.14. The van der Waals surface area contributed by atoms with Crippen LogP contribution in [0.2, 0.25) is 0 Å². The van der Waals surface area contributed by atoms with Gasteiger partial charge in [0.2, 0.25) is 10.0 Å². The van der Waals surface area contributed by atoms with Crippen LogP contribution >= 0.6 is 11.3 Å². The summed E-state index contributed by atoms with van der Waals surface area (Å²) in [5, 5.41) is 5.05. The van der Waals surface area contributed by atoms with Crippen molar-refractivity contribution in [3.05, 3.63) is 40.9 Å². The maximum absolute atomic E-state index is 12.4. The Morgan fingerprint density at radius 2 is 2.08 bits per heavy atom. The number of hydrogen-bond acceptors (Lipinski definition) is 5. The maximum Gasteiger partial charge on any atom is 0.257 e. The molecule has 0 saturated heterocycles. The van der Waals surface area contributed by atoms with E-state index in [4.69, 9.17) is 6.42 Å². The van der Waals surface area contributed by atoms with Crippen LogP contribution in [0.3, 0.4) is 0 Å². The van der Waals surface area contributed by atoms with Crippen molar-refractivity contribution in [2.75, 3.05) is 11.9 Å². The average Bonchev–Trinajstić information content (AvgIpc) is 3.02. The average molecular weight is 377 g/mol. The van der Waals surface area contributed by atoms with Crippen LogP contribution in [-0.2, 0) is 15.4 Å². The third-order valence-electron chi connectivity index (χ3n) is 3.26. The lowest BCUT2D eigenvalue weighted by molar-refractivity contribution is 0.102. The van der Waals surface area contributed by atoms with Gasteiger partial charge in [-0.2, -0.15) is 4.72 Å². The van der Waals surface area contributed by atoms with Crippen molar-refractivity contribution in [2.45, 2.75) is 31.1 Å². The standard InChI is InChI=1S/C17H19N3O3S2/c1-5-9-18-25(22,23)13-8-6-7-12(10-13)15(21)20-16-19-14(11-24-16)17(2,3)4/h1,6-8,10-11,18H,9H2,2-4H3,(H,19,20,21). The molecule has 0 atom stereocenters. The molecule has 132 valence electrons. The number of anilines is 1. The molecule has 1 aromatic heterocycles. The van der Waals surface area contributed by atoms with Gasteiger partial charge in [0.05, 0.1) is 17.1 Å². The lowest BCUT2D eigenvalue weighted by Crippen LogP contribution is -2.24. The molecule has 0 saturated carbocycles. The molecule has 0 unspecified atom stereocenters. The van der Waals surface area contributed by atoms with Crippen LogP contribution < -0.4 is 10.0 Å². The van der Waals surface area contributed by atoms with E-state index in [1.165, 1.54) is 35.6 Å². The number of nitrogens with zero attached hydrogens (tertiary/aromatic N) is 1. The summed E-state index contributed by atoms with van der Waals surface area (Å²) in [7, 11) is -3.75. The highest BCUT2D eigenvalue weighted by molar-refractivity contribution is 7.89. The van der Waals surface area contributed by atoms with Gasteiger partial charge in [-0.25, -0.2) is 13.4 Å². The third kappa shape index (κ3) is 4.89. The molecule has 2 aromatic rings. The smallest absolute Gasteiger partial charge is 0.257 e. The minimum atomic E-state index is -3.75. The van der Waals surface area contributed by atoms with Crippen LogP contribution in [0.5, 0.6) is 0 Å². The number of nitrogens with one attached hydrogen (secondary N) is 2. The topological polar surface area (TPSA) is 88.2 Å². The molecule has 1 aromatic carbocycles. The van der Waals surface area contributed by atoms with Crippen molar-refractivity contribution in [2.24, 2.45) is 0 Å². The van der Waals surface area contributed by atoms with Gasteiger partial charge in [-0.05, 0) is 18.2 Å². The molecule has 0 aliphatic heterocycles. The van der Waals surface area contributed by atoms with E-state index in [-0.39, 0.29) is 22.4 Å². The lowest BCUT2D eigenvalue weighted by atomic mass is 9.93. The first-order chi connectivity index (χ1) is 11.6. The van der Waals surface area contributed by atoms with Crippen molar-refractivity contribution >= 4 is 32.4 Å². The fourth-order valence-corrected chi connectivity index (χ4v) is 3.78. The summed E-state index contributed by atoms with van der Waals surface area (Å²) in [6.07, 6.45) is 5.06. The summed E-state index contributed by atoms with van der Waals surface area (Å²) in [4.78, 5) is 16.7. The summed E-state index contributed by atoms with van der Waals surface area (Å²) in [5.41, 5.74) is 0.981. The molecular formula is C17H19N3O3S2. The number of rotatable bonds is 5. The maximum atomic E-state index is 12.4. The number of aromatic nitrogens is 1. The highest BCUT2D eigenvalue weighted by Crippen LogP contribution is 2.26. The van der Waals surface area contributed by atoms with E-state index in [0.717, 1.165) is 5.69 Å². The van der Waals surface area contributed by atoms with Crippen molar-refractivity contribution in [3.63, 3.8) is 0 Å². The zero-order chi connectivity index (χ0) is 18.7. The summed E-state index contributed by atoms with van der Waals surface area (Å²) in [5.74, 6) is 1.77. The van der Waals surface area contributed by atoms with Crippen molar-refractivity contribution in [1.82, 2.24) is 9.71 Å². The van der Waals surface area contributed by atoms with Crippen LogP contribution in [-0.4, -0.2) is 25.9 Å². The predicted molar refractivity (Wildman–Crippen MR) is 99.2 cm³/mol. The summed E-state index contributed by atoms with van der Waals surface area (Å²) in [6.45, 7) is 5.98. The highest BCUT2D eigenvalue weighted by atomic mass is 32.2. The molecule has 0 bridgehead atoms. The van der Waals surface area contributed by atoms with Crippen molar-refractivity contribution in [1.29, 1.82) is 0 Å². The predicted octanol–water partition coefficient (Wildman–Crippen LogP) is 2.60. The quantitative estimate of drug-likeness (QED) is 0.784. The van der Waals surface area contributed by atoms with E-state index in [1.807, 2.05) is 26.2 Å². The molecular weight excluding hydrogens is 358 g/mol. The molecule has 0 radical (unpaired) electrons. The zero-order valence-corrected chi connectivity index (χ0v) is 15.8. The van der Waals surface area contributed by atoms with Crippen molar-refractivity contribution in [3.8, 4) is 12.3 Å². The molecule has 8 heteroatoms. The number of carbonyl (C=O) groups excluding carboxylic acids is 1. The van der Waals surface area contributed by atoms with Crippen LogP contribution in [0.25, 0.3) is 0 Å². The fourth-order valence-electron chi connectivity index (χ4n) is 1.87. The first-order valence-corrected chi connectivity index (χ1v) is 9.80. The number of carbonyl (C=O) groups is 1. The second-order valence-electron chi connectivity index (χ2n) is 6.30. The molecule has 1 heterocycles. The summed E-state index contributed by atoms with van der Waals surface area (Å²) in [6, 6.07) is 5.73. The van der Waals surface area contributed by atoms with Gasteiger partial charge < -0.3 is 0 Å². The van der Waals surface area contributed by atoms with Gasteiger partial charge in [-0.15, -0.1) is 17.8 Å². The summed E-state index contributed by atoms with van der Waals surface area (Å²) >= 11 is 1.32. The normalized spacial score (nSPS) is 11.8. The van der Waals surface area contributed by atoms with E-state index in [0.29, 0.717) is 5.13 Å². The number of hydrogen-bond donors (Lipinski definition) is 2. The van der Waals surface area contributed by atoms with Crippen LogP contribution in [0.4, 0.5) is 5.13 Å². The second-order valence-corrected chi connectivity index (χ2v) is 8.92. The van der Waals surface area contributed by atoms with Gasteiger partial charge in [0.1, 0.15) is 0 Å². The molecule has 2 N–H and O–H groups in total. The Morgan fingerprint density at radius 3 is 2.68 bits per heavy atom. The third-order valence-corrected chi connectivity index (χ3v) is 5.42. The molecule has 6 nitrogen and oxygen atoms in total. The van der Waals surface area contributed by atoms with E-state index in [9.17, 15) is 13.2 Å². The largest absolute Gasteiger partial charge is 0.298 e. The van der Waals surface area contributed by atoms with Crippen LogP contribution in [0.1, 0.15) is 36.8 Å². The van der Waals surface area contributed by atoms with Crippen LogP contribution in [0.15, 0.2) is 34.5 Å². The number of sulfonamides is 1. The van der Waals surface area contributed by atoms with E-state index < -0.39 is 15.9 Å². The molecule has 0 spiro atoms. The van der Waals surface area contributed by atoms with Crippen molar-refractivity contribution < 1.29 is 13.2 Å². The molecule has 0 aliphatic rings. The Bertz CT molecular complexity index is 919. The van der Waals surface area contributed by atoms with E-state index in [2.05, 4.69) is 20.9 Å². The molecule has 1 amide bonds.